The fourth-order valence-corrected chi connectivity index (χ4v) is 3.57. The van der Waals surface area contributed by atoms with Crippen molar-refractivity contribution in [3.63, 3.8) is 0 Å². The quantitative estimate of drug-likeness (QED) is 0.683. The summed E-state index contributed by atoms with van der Waals surface area (Å²) in [5, 5.41) is 2.90. The predicted molar refractivity (Wildman–Crippen MR) is 71.5 cm³/mol. The summed E-state index contributed by atoms with van der Waals surface area (Å²) in [5.41, 5.74) is 0. The molecule has 0 aliphatic carbocycles. The second-order valence-electron chi connectivity index (χ2n) is 5.30. The van der Waals surface area contributed by atoms with Crippen molar-refractivity contribution >= 4 is 10.0 Å². The van der Waals surface area contributed by atoms with Crippen LogP contribution in [0.4, 0.5) is 0 Å². The van der Waals surface area contributed by atoms with Crippen LogP contribution >= 0.6 is 0 Å². The Morgan fingerprint density at radius 1 is 1.35 bits per heavy atom. The predicted octanol–water partition coefficient (Wildman–Crippen LogP) is 1.48. The second-order valence-corrected chi connectivity index (χ2v) is 7.34. The Labute approximate surface area is 106 Å². The summed E-state index contributed by atoms with van der Waals surface area (Å²) < 4.78 is 26.6. The molecule has 1 aliphatic heterocycles. The number of rotatable bonds is 7. The van der Waals surface area contributed by atoms with Crippen molar-refractivity contribution in [1.82, 2.24) is 10.0 Å². The molecule has 5 heteroatoms. The molecule has 1 atom stereocenters. The Balaban J connectivity index is 2.20. The van der Waals surface area contributed by atoms with Crippen molar-refractivity contribution in [2.75, 3.05) is 19.6 Å². The van der Waals surface area contributed by atoms with Crippen LogP contribution in [0.2, 0.25) is 0 Å². The normalized spacial score (nSPS) is 21.9. The zero-order valence-corrected chi connectivity index (χ0v) is 11.9. The van der Waals surface area contributed by atoms with E-state index in [2.05, 4.69) is 23.9 Å². The first-order valence-corrected chi connectivity index (χ1v) is 8.26. The van der Waals surface area contributed by atoms with Crippen LogP contribution in [0.3, 0.4) is 0 Å². The number of unbranched alkanes of at least 4 members (excludes halogenated alkanes) is 1. The molecule has 0 amide bonds. The largest absolute Gasteiger partial charge is 0.315 e. The van der Waals surface area contributed by atoms with Crippen molar-refractivity contribution in [1.29, 1.82) is 0 Å². The highest BCUT2D eigenvalue weighted by Crippen LogP contribution is 2.11. The van der Waals surface area contributed by atoms with Crippen LogP contribution in [0, 0.1) is 5.92 Å². The van der Waals surface area contributed by atoms with Gasteiger partial charge >= 0.3 is 0 Å². The highest BCUT2D eigenvalue weighted by Gasteiger charge is 2.26. The first-order valence-electron chi connectivity index (χ1n) is 6.71. The van der Waals surface area contributed by atoms with E-state index >= 15 is 0 Å². The highest BCUT2D eigenvalue weighted by atomic mass is 32.2. The Kier molecular flexibility index (Phi) is 6.44. The molecule has 1 rings (SSSR count). The molecule has 0 spiro atoms. The van der Waals surface area contributed by atoms with E-state index in [1.54, 1.807) is 0 Å². The number of hydrogen-bond donors (Lipinski definition) is 2. The lowest BCUT2D eigenvalue weighted by Crippen LogP contribution is -2.44. The van der Waals surface area contributed by atoms with Gasteiger partial charge in [0.15, 0.2) is 0 Å². The molecule has 1 saturated heterocycles. The minimum absolute atomic E-state index is 0.235. The highest BCUT2D eigenvalue weighted by molar-refractivity contribution is 7.90. The van der Waals surface area contributed by atoms with Gasteiger partial charge in [0.05, 0.1) is 5.25 Å². The van der Waals surface area contributed by atoms with E-state index in [0.717, 1.165) is 32.2 Å². The molecule has 1 fully saturated rings. The summed E-state index contributed by atoms with van der Waals surface area (Å²) in [6.07, 6.45) is 4.96. The summed E-state index contributed by atoms with van der Waals surface area (Å²) >= 11 is 0. The zero-order chi connectivity index (χ0) is 12.7. The fraction of sp³-hybridized carbons (Fsp3) is 1.00. The van der Waals surface area contributed by atoms with Crippen molar-refractivity contribution in [3.8, 4) is 0 Å². The molecule has 2 N–H and O–H groups in total. The summed E-state index contributed by atoms with van der Waals surface area (Å²) in [5.74, 6) is 0.703. The summed E-state index contributed by atoms with van der Waals surface area (Å²) in [6, 6.07) is 0. The molecule has 1 unspecified atom stereocenters. The van der Waals surface area contributed by atoms with E-state index in [9.17, 15) is 8.42 Å². The summed E-state index contributed by atoms with van der Waals surface area (Å²) in [6.45, 7) is 6.52. The molecule has 0 bridgehead atoms. The van der Waals surface area contributed by atoms with Gasteiger partial charge in [-0.25, -0.2) is 13.1 Å². The maximum atomic E-state index is 11.9. The third-order valence-corrected chi connectivity index (χ3v) is 5.09. The average Bonchev–Trinajstić information content (AvgIpc) is 2.29. The van der Waals surface area contributed by atoms with E-state index in [1.807, 2.05) is 0 Å². The molecule has 102 valence electrons. The summed E-state index contributed by atoms with van der Waals surface area (Å²) in [4.78, 5) is 0. The molecule has 0 aromatic heterocycles. The van der Waals surface area contributed by atoms with Crippen LogP contribution in [0.15, 0.2) is 0 Å². The van der Waals surface area contributed by atoms with Gasteiger partial charge in [0.25, 0.3) is 0 Å². The van der Waals surface area contributed by atoms with Gasteiger partial charge < -0.3 is 5.32 Å². The summed E-state index contributed by atoms with van der Waals surface area (Å²) in [7, 11) is -3.10. The van der Waals surface area contributed by atoms with Gasteiger partial charge in [0.2, 0.25) is 10.0 Å². The first-order chi connectivity index (χ1) is 8.02. The fourth-order valence-electron chi connectivity index (χ4n) is 2.09. The minimum atomic E-state index is -3.10. The van der Waals surface area contributed by atoms with Crippen LogP contribution in [-0.4, -0.2) is 33.3 Å². The number of hydrogen-bond acceptors (Lipinski definition) is 3. The molecule has 1 aliphatic rings. The van der Waals surface area contributed by atoms with E-state index in [4.69, 9.17) is 0 Å². The van der Waals surface area contributed by atoms with Gasteiger partial charge in [-0.15, -0.1) is 0 Å². The van der Waals surface area contributed by atoms with Gasteiger partial charge in [-0.3, -0.25) is 0 Å². The van der Waals surface area contributed by atoms with Crippen LogP contribution in [0.5, 0.6) is 0 Å². The molecule has 0 saturated carbocycles. The third kappa shape index (κ3) is 5.84. The van der Waals surface area contributed by atoms with Crippen molar-refractivity contribution in [2.24, 2.45) is 5.92 Å². The topological polar surface area (TPSA) is 58.2 Å². The Bertz CT molecular complexity index is 296. The molecule has 0 radical (unpaired) electrons. The standard InChI is InChI=1S/C12H26N2O2S/c1-11(2)6-3-4-9-14-17(15,16)12-7-5-8-13-10-12/h11-14H,3-10H2,1-2H3. The molecule has 4 nitrogen and oxygen atoms in total. The van der Waals surface area contributed by atoms with E-state index in [1.165, 1.54) is 6.42 Å². The maximum Gasteiger partial charge on any atom is 0.215 e. The number of piperidine rings is 1. The van der Waals surface area contributed by atoms with Crippen LogP contribution in [0.25, 0.3) is 0 Å². The Hall–Kier alpha value is -0.130. The Morgan fingerprint density at radius 3 is 2.71 bits per heavy atom. The second kappa shape index (κ2) is 7.34. The van der Waals surface area contributed by atoms with Crippen LogP contribution in [-0.2, 0) is 10.0 Å². The van der Waals surface area contributed by atoms with Gasteiger partial charge in [-0.1, -0.05) is 26.7 Å². The van der Waals surface area contributed by atoms with E-state index < -0.39 is 10.0 Å². The maximum absolute atomic E-state index is 11.9. The lowest BCUT2D eigenvalue weighted by Gasteiger charge is -2.23. The minimum Gasteiger partial charge on any atom is -0.315 e. The first kappa shape index (κ1) is 14.9. The number of nitrogens with one attached hydrogen (secondary N) is 2. The SMILES string of the molecule is CC(C)CCCCNS(=O)(=O)C1CCCNC1. The molecular weight excluding hydrogens is 236 g/mol. The smallest absolute Gasteiger partial charge is 0.215 e. The van der Waals surface area contributed by atoms with E-state index in [0.29, 0.717) is 19.0 Å². The van der Waals surface area contributed by atoms with Gasteiger partial charge in [0, 0.05) is 13.1 Å². The van der Waals surface area contributed by atoms with E-state index in [-0.39, 0.29) is 5.25 Å². The van der Waals surface area contributed by atoms with Gasteiger partial charge in [-0.05, 0) is 31.7 Å². The number of sulfonamides is 1. The average molecular weight is 262 g/mol. The lowest BCUT2D eigenvalue weighted by molar-refractivity contribution is 0.486. The molecule has 0 aromatic rings. The Morgan fingerprint density at radius 2 is 2.12 bits per heavy atom. The third-order valence-electron chi connectivity index (χ3n) is 3.20. The molecular formula is C12H26N2O2S. The van der Waals surface area contributed by atoms with Crippen LogP contribution in [0.1, 0.15) is 46.0 Å². The monoisotopic (exact) mass is 262 g/mol. The molecule has 17 heavy (non-hydrogen) atoms. The van der Waals surface area contributed by atoms with Crippen molar-refractivity contribution < 1.29 is 8.42 Å². The van der Waals surface area contributed by atoms with Crippen LogP contribution < -0.4 is 10.0 Å². The van der Waals surface area contributed by atoms with Crippen molar-refractivity contribution in [3.05, 3.63) is 0 Å². The van der Waals surface area contributed by atoms with Gasteiger partial charge in [-0.2, -0.15) is 0 Å². The van der Waals surface area contributed by atoms with Gasteiger partial charge in [0.1, 0.15) is 0 Å². The zero-order valence-electron chi connectivity index (χ0n) is 11.0. The lowest BCUT2D eigenvalue weighted by atomic mass is 10.1. The molecule has 1 heterocycles. The molecule has 0 aromatic carbocycles. The van der Waals surface area contributed by atoms with Crippen molar-refractivity contribution in [2.45, 2.75) is 51.2 Å².